The van der Waals surface area contributed by atoms with Gasteiger partial charge in [-0.25, -0.2) is 4.98 Å². The average Bonchev–Trinajstić information content (AvgIpc) is 2.80. The van der Waals surface area contributed by atoms with E-state index in [-0.39, 0.29) is 0 Å². The molecule has 0 aliphatic carbocycles. The number of nitrogens with zero attached hydrogens (tertiary/aromatic N) is 3. The van der Waals surface area contributed by atoms with Gasteiger partial charge >= 0.3 is 0 Å². The van der Waals surface area contributed by atoms with Crippen molar-refractivity contribution in [2.24, 2.45) is 0 Å². The Morgan fingerprint density at radius 2 is 2.00 bits per heavy atom. The van der Waals surface area contributed by atoms with Crippen molar-refractivity contribution in [3.8, 4) is 11.4 Å². The average molecular weight is 224 g/mol. The molecule has 0 atom stereocenters. The van der Waals surface area contributed by atoms with E-state index < -0.39 is 0 Å². The molecule has 3 heterocycles. The van der Waals surface area contributed by atoms with Crippen LogP contribution in [0, 0.1) is 6.92 Å². The van der Waals surface area contributed by atoms with Crippen LogP contribution < -0.4 is 5.73 Å². The van der Waals surface area contributed by atoms with Gasteiger partial charge in [0, 0.05) is 18.1 Å². The van der Waals surface area contributed by atoms with Crippen LogP contribution in [-0.2, 0) is 0 Å². The molecular weight excluding hydrogens is 212 g/mol. The lowest BCUT2D eigenvalue weighted by molar-refractivity contribution is 1.10. The van der Waals surface area contributed by atoms with Crippen LogP contribution >= 0.6 is 0 Å². The molecule has 0 aliphatic heterocycles. The minimum Gasteiger partial charge on any atom is -0.397 e. The van der Waals surface area contributed by atoms with Crippen LogP contribution in [-0.4, -0.2) is 14.4 Å². The summed E-state index contributed by atoms with van der Waals surface area (Å²) in [5.41, 5.74) is 10.2. The molecule has 0 saturated carbocycles. The summed E-state index contributed by atoms with van der Waals surface area (Å²) < 4.78 is 1.99. The number of fused-ring (bicyclic) bond motifs is 1. The van der Waals surface area contributed by atoms with E-state index in [1.807, 2.05) is 47.9 Å². The van der Waals surface area contributed by atoms with Gasteiger partial charge in [0.25, 0.3) is 0 Å². The van der Waals surface area contributed by atoms with Gasteiger partial charge in [-0.05, 0) is 31.2 Å². The second kappa shape index (κ2) is 3.59. The maximum absolute atomic E-state index is 5.87. The third-order valence-corrected chi connectivity index (χ3v) is 2.85. The van der Waals surface area contributed by atoms with Crippen LogP contribution in [0.3, 0.4) is 0 Å². The van der Waals surface area contributed by atoms with Crippen LogP contribution in [0.25, 0.3) is 17.0 Å². The molecule has 3 aromatic heterocycles. The molecule has 4 heteroatoms. The summed E-state index contributed by atoms with van der Waals surface area (Å²) in [6, 6.07) is 9.57. The summed E-state index contributed by atoms with van der Waals surface area (Å²) in [5, 5.41) is 0. The summed E-state index contributed by atoms with van der Waals surface area (Å²) in [5.74, 6) is 0. The van der Waals surface area contributed by atoms with Gasteiger partial charge in [-0.2, -0.15) is 0 Å². The zero-order chi connectivity index (χ0) is 11.8. The zero-order valence-corrected chi connectivity index (χ0v) is 9.46. The fourth-order valence-corrected chi connectivity index (χ4v) is 1.84. The molecular formula is C13H12N4. The van der Waals surface area contributed by atoms with Gasteiger partial charge in [0.2, 0.25) is 0 Å². The van der Waals surface area contributed by atoms with Crippen molar-refractivity contribution in [2.75, 3.05) is 5.73 Å². The van der Waals surface area contributed by atoms with Crippen molar-refractivity contribution in [1.82, 2.24) is 14.4 Å². The van der Waals surface area contributed by atoms with Crippen molar-refractivity contribution in [2.45, 2.75) is 6.92 Å². The highest BCUT2D eigenvalue weighted by atomic mass is 15.0. The second-order valence-corrected chi connectivity index (χ2v) is 3.94. The number of aryl methyl sites for hydroxylation is 1. The zero-order valence-electron chi connectivity index (χ0n) is 9.46. The van der Waals surface area contributed by atoms with Crippen molar-refractivity contribution in [1.29, 1.82) is 0 Å². The molecule has 2 N–H and O–H groups in total. The lowest BCUT2D eigenvalue weighted by Gasteiger charge is -2.01. The normalized spacial score (nSPS) is 10.9. The molecule has 0 spiro atoms. The summed E-state index contributed by atoms with van der Waals surface area (Å²) in [6.45, 7) is 1.98. The van der Waals surface area contributed by atoms with E-state index >= 15 is 0 Å². The van der Waals surface area contributed by atoms with Gasteiger partial charge in [-0.3, -0.25) is 4.98 Å². The smallest absolute Gasteiger partial charge is 0.137 e. The Kier molecular flexibility index (Phi) is 2.08. The fraction of sp³-hybridized carbons (Fsp3) is 0.0769. The quantitative estimate of drug-likeness (QED) is 0.690. The van der Waals surface area contributed by atoms with E-state index in [2.05, 4.69) is 9.97 Å². The van der Waals surface area contributed by atoms with Crippen LogP contribution in [0.1, 0.15) is 5.69 Å². The molecule has 0 bridgehead atoms. The Bertz CT molecular complexity index is 670. The third-order valence-electron chi connectivity index (χ3n) is 2.85. The predicted octanol–water partition coefficient (Wildman–Crippen LogP) is 2.29. The van der Waals surface area contributed by atoms with Crippen LogP contribution in [0.15, 0.2) is 42.7 Å². The molecule has 0 unspecified atom stereocenters. The molecule has 0 aliphatic rings. The molecule has 17 heavy (non-hydrogen) atoms. The van der Waals surface area contributed by atoms with Crippen LogP contribution in [0.4, 0.5) is 5.69 Å². The minimum absolute atomic E-state index is 0.766. The predicted molar refractivity (Wildman–Crippen MR) is 67.6 cm³/mol. The summed E-state index contributed by atoms with van der Waals surface area (Å²) >= 11 is 0. The number of aromatic nitrogens is 3. The first-order chi connectivity index (χ1) is 8.25. The Morgan fingerprint density at radius 3 is 2.76 bits per heavy atom. The SMILES string of the molecule is Cc1c(N)ccc2nc(-c3ccccn3)cn12. The van der Waals surface area contributed by atoms with E-state index in [9.17, 15) is 0 Å². The first kappa shape index (κ1) is 9.84. The molecule has 3 aromatic rings. The monoisotopic (exact) mass is 224 g/mol. The number of pyridine rings is 2. The van der Waals surface area contributed by atoms with Gasteiger partial charge in [0.05, 0.1) is 11.4 Å². The molecule has 0 aromatic carbocycles. The van der Waals surface area contributed by atoms with Crippen LogP contribution in [0.5, 0.6) is 0 Å². The lowest BCUT2D eigenvalue weighted by atomic mass is 10.3. The number of anilines is 1. The maximum atomic E-state index is 5.87. The van der Waals surface area contributed by atoms with Gasteiger partial charge in [0.15, 0.2) is 0 Å². The maximum Gasteiger partial charge on any atom is 0.137 e. The Hall–Kier alpha value is -2.36. The number of imidazole rings is 1. The summed E-state index contributed by atoms with van der Waals surface area (Å²) in [7, 11) is 0. The summed E-state index contributed by atoms with van der Waals surface area (Å²) in [4.78, 5) is 8.82. The van der Waals surface area contributed by atoms with Gasteiger partial charge in [0.1, 0.15) is 11.3 Å². The standard InChI is InChI=1S/C13H12N4/c1-9-10(14)5-6-13-16-12(8-17(9)13)11-4-2-3-7-15-11/h2-8H,14H2,1H3. The topological polar surface area (TPSA) is 56.2 Å². The molecule has 0 amide bonds. The number of nitrogen functional groups attached to an aromatic ring is 1. The number of rotatable bonds is 1. The third kappa shape index (κ3) is 1.54. The molecule has 0 fully saturated rings. The Labute approximate surface area is 98.8 Å². The van der Waals surface area contributed by atoms with Gasteiger partial charge in [-0.15, -0.1) is 0 Å². The Morgan fingerprint density at radius 1 is 1.12 bits per heavy atom. The Balaban J connectivity index is 2.24. The number of hydrogen-bond donors (Lipinski definition) is 1. The fourth-order valence-electron chi connectivity index (χ4n) is 1.84. The van der Waals surface area contributed by atoms with Crippen molar-refractivity contribution < 1.29 is 0 Å². The molecule has 3 rings (SSSR count). The van der Waals surface area contributed by atoms with E-state index in [1.54, 1.807) is 6.20 Å². The van der Waals surface area contributed by atoms with Crippen molar-refractivity contribution >= 4 is 11.3 Å². The second-order valence-electron chi connectivity index (χ2n) is 3.94. The van der Waals surface area contributed by atoms with Gasteiger partial charge < -0.3 is 10.1 Å². The highest BCUT2D eigenvalue weighted by Crippen LogP contribution is 2.20. The van der Waals surface area contributed by atoms with E-state index in [0.717, 1.165) is 28.4 Å². The first-order valence-electron chi connectivity index (χ1n) is 5.41. The molecule has 0 saturated heterocycles. The van der Waals surface area contributed by atoms with E-state index in [0.29, 0.717) is 0 Å². The molecule has 84 valence electrons. The number of hydrogen-bond acceptors (Lipinski definition) is 3. The highest BCUT2D eigenvalue weighted by Gasteiger charge is 2.07. The molecule has 4 nitrogen and oxygen atoms in total. The highest BCUT2D eigenvalue weighted by molar-refractivity contribution is 5.61. The first-order valence-corrected chi connectivity index (χ1v) is 5.41. The van der Waals surface area contributed by atoms with Crippen molar-refractivity contribution in [3.05, 3.63) is 48.4 Å². The molecule has 0 radical (unpaired) electrons. The van der Waals surface area contributed by atoms with E-state index in [1.165, 1.54) is 0 Å². The van der Waals surface area contributed by atoms with Crippen LogP contribution in [0.2, 0.25) is 0 Å². The van der Waals surface area contributed by atoms with E-state index in [4.69, 9.17) is 5.73 Å². The van der Waals surface area contributed by atoms with Crippen molar-refractivity contribution in [3.63, 3.8) is 0 Å². The minimum atomic E-state index is 0.766. The largest absolute Gasteiger partial charge is 0.397 e. The van der Waals surface area contributed by atoms with Gasteiger partial charge in [-0.1, -0.05) is 6.07 Å². The number of nitrogens with two attached hydrogens (primary N) is 1. The summed E-state index contributed by atoms with van der Waals surface area (Å²) in [6.07, 6.45) is 3.73. The lowest BCUT2D eigenvalue weighted by Crippen LogP contribution is -1.96.